The lowest BCUT2D eigenvalue weighted by Gasteiger charge is -2.08. The number of carbonyl (C=O) groups excluding carboxylic acids is 1. The van der Waals surface area contributed by atoms with Crippen LogP contribution in [0.3, 0.4) is 0 Å². The fourth-order valence-electron chi connectivity index (χ4n) is 4.29. The van der Waals surface area contributed by atoms with Crippen LogP contribution < -0.4 is 11.1 Å². The summed E-state index contributed by atoms with van der Waals surface area (Å²) in [6.45, 7) is 2.52. The van der Waals surface area contributed by atoms with E-state index in [9.17, 15) is 4.79 Å². The molecule has 2 aromatic rings. The zero-order chi connectivity index (χ0) is 21.9. The van der Waals surface area contributed by atoms with Crippen LogP contribution in [-0.2, 0) is 17.8 Å². The van der Waals surface area contributed by atoms with Gasteiger partial charge in [-0.3, -0.25) is 4.79 Å². The maximum atomic E-state index is 12.2. The molecule has 2 atom stereocenters. The zero-order valence-corrected chi connectivity index (χ0v) is 18.9. The molecule has 3 rings (SSSR count). The van der Waals surface area contributed by atoms with Crippen LogP contribution in [0, 0.1) is 5.92 Å². The maximum Gasteiger partial charge on any atom is 0.246 e. The van der Waals surface area contributed by atoms with E-state index < -0.39 is 0 Å². The Morgan fingerprint density at radius 3 is 2.45 bits per heavy atom. The third-order valence-electron chi connectivity index (χ3n) is 6.26. The highest BCUT2D eigenvalue weighted by molar-refractivity contribution is 5.78. The van der Waals surface area contributed by atoms with Crippen molar-refractivity contribution < 1.29 is 9.32 Å². The fourth-order valence-corrected chi connectivity index (χ4v) is 4.29. The summed E-state index contributed by atoms with van der Waals surface area (Å²) in [5.74, 6) is 1.02. The third kappa shape index (κ3) is 7.76. The lowest BCUT2D eigenvalue weighted by atomic mass is 10.0. The molecule has 3 N–H and O–H groups in total. The minimum atomic E-state index is 0.00555. The van der Waals surface area contributed by atoms with Gasteiger partial charge in [0.25, 0.3) is 0 Å². The van der Waals surface area contributed by atoms with Crippen LogP contribution in [-0.4, -0.2) is 22.1 Å². The van der Waals surface area contributed by atoms with Crippen LogP contribution in [0.5, 0.6) is 0 Å². The average Bonchev–Trinajstić information content (AvgIpc) is 3.44. The summed E-state index contributed by atoms with van der Waals surface area (Å²) in [6.07, 6.45) is 14.4. The Hall–Kier alpha value is -2.21. The second-order valence-electron chi connectivity index (χ2n) is 8.92. The first-order valence-corrected chi connectivity index (χ1v) is 12.1. The van der Waals surface area contributed by atoms with Gasteiger partial charge in [-0.15, -0.1) is 0 Å². The molecule has 1 aromatic heterocycles. The van der Waals surface area contributed by atoms with Crippen LogP contribution in [0.15, 0.2) is 28.8 Å². The number of rotatable bonds is 13. The molecular weight excluding hydrogens is 388 g/mol. The van der Waals surface area contributed by atoms with E-state index in [4.69, 9.17) is 10.3 Å². The molecule has 6 heteroatoms. The van der Waals surface area contributed by atoms with Crippen molar-refractivity contribution in [3.63, 3.8) is 0 Å². The first-order chi connectivity index (χ1) is 15.2. The highest BCUT2D eigenvalue weighted by Crippen LogP contribution is 2.24. The monoisotopic (exact) mass is 426 g/mol. The van der Waals surface area contributed by atoms with E-state index in [2.05, 4.69) is 34.5 Å². The molecule has 1 aromatic carbocycles. The molecule has 0 aliphatic heterocycles. The maximum absolute atomic E-state index is 12.2. The lowest BCUT2D eigenvalue weighted by Crippen LogP contribution is -2.30. The van der Waals surface area contributed by atoms with Gasteiger partial charge in [0, 0.05) is 17.5 Å². The molecule has 0 spiro atoms. The van der Waals surface area contributed by atoms with Gasteiger partial charge in [0.05, 0.1) is 6.54 Å². The minimum absolute atomic E-state index is 0.00555. The summed E-state index contributed by atoms with van der Waals surface area (Å²) in [6, 6.07) is 8.54. The summed E-state index contributed by atoms with van der Waals surface area (Å²) < 4.78 is 5.31. The minimum Gasteiger partial charge on any atom is -0.347 e. The summed E-state index contributed by atoms with van der Waals surface area (Å²) in [5, 5.41) is 6.96. The van der Waals surface area contributed by atoms with Crippen molar-refractivity contribution >= 4 is 5.91 Å². The van der Waals surface area contributed by atoms with E-state index in [0.29, 0.717) is 11.7 Å². The Kier molecular flexibility index (Phi) is 9.53. The summed E-state index contributed by atoms with van der Waals surface area (Å²) in [5.41, 5.74) is 8.17. The molecule has 1 amide bonds. The normalized spacial score (nSPS) is 18.4. The Bertz CT molecular complexity index is 787. The molecule has 170 valence electrons. The number of hydrogen-bond donors (Lipinski definition) is 2. The van der Waals surface area contributed by atoms with E-state index in [1.807, 2.05) is 12.1 Å². The van der Waals surface area contributed by atoms with Gasteiger partial charge < -0.3 is 15.6 Å². The second-order valence-corrected chi connectivity index (χ2v) is 8.92. The van der Waals surface area contributed by atoms with Gasteiger partial charge in [-0.25, -0.2) is 0 Å². The molecular formula is C25H38N4O2. The number of benzene rings is 1. The largest absolute Gasteiger partial charge is 0.347 e. The summed E-state index contributed by atoms with van der Waals surface area (Å²) >= 11 is 0. The molecule has 0 unspecified atom stereocenters. The Morgan fingerprint density at radius 2 is 1.77 bits per heavy atom. The van der Waals surface area contributed by atoms with Crippen molar-refractivity contribution in [3.05, 3.63) is 35.7 Å². The van der Waals surface area contributed by atoms with Crippen molar-refractivity contribution in [2.45, 2.75) is 96.6 Å². The van der Waals surface area contributed by atoms with Gasteiger partial charge in [-0.05, 0) is 37.7 Å². The van der Waals surface area contributed by atoms with Crippen molar-refractivity contribution in [2.24, 2.45) is 11.7 Å². The number of nitrogens with one attached hydrogen (secondary N) is 1. The number of hydrogen-bond acceptors (Lipinski definition) is 5. The van der Waals surface area contributed by atoms with Crippen molar-refractivity contribution in [1.82, 2.24) is 15.5 Å². The zero-order valence-electron chi connectivity index (χ0n) is 18.9. The average molecular weight is 427 g/mol. The van der Waals surface area contributed by atoms with Gasteiger partial charge >= 0.3 is 0 Å². The van der Waals surface area contributed by atoms with Crippen molar-refractivity contribution in [1.29, 1.82) is 0 Å². The molecule has 1 saturated carbocycles. The molecule has 0 radical (unpaired) electrons. The number of aromatic nitrogens is 2. The SMILES string of the molecule is CCCCCCCCCCc1ccc(-c2noc(CNC(=O)[C@@H]3CC[C@@H](N)C3)n2)cc1. The van der Waals surface area contributed by atoms with Gasteiger partial charge in [0.15, 0.2) is 0 Å². The van der Waals surface area contributed by atoms with Crippen LogP contribution in [0.1, 0.15) is 89.0 Å². The molecule has 0 saturated heterocycles. The molecule has 1 heterocycles. The predicted molar refractivity (Wildman–Crippen MR) is 123 cm³/mol. The smallest absolute Gasteiger partial charge is 0.246 e. The molecule has 0 bridgehead atoms. The predicted octanol–water partition coefficient (Wildman–Crippen LogP) is 5.16. The van der Waals surface area contributed by atoms with Gasteiger partial charge in [-0.2, -0.15) is 4.98 Å². The van der Waals surface area contributed by atoms with E-state index in [-0.39, 0.29) is 24.4 Å². The number of aryl methyl sites for hydroxylation is 1. The summed E-state index contributed by atoms with van der Waals surface area (Å²) in [4.78, 5) is 16.6. The highest BCUT2D eigenvalue weighted by Gasteiger charge is 2.27. The second kappa shape index (κ2) is 12.6. The first-order valence-electron chi connectivity index (χ1n) is 12.1. The van der Waals surface area contributed by atoms with E-state index in [1.54, 1.807) is 0 Å². The Labute approximate surface area is 186 Å². The van der Waals surface area contributed by atoms with E-state index in [1.165, 1.54) is 56.9 Å². The Balaban J connectivity index is 1.37. The third-order valence-corrected chi connectivity index (χ3v) is 6.26. The van der Waals surface area contributed by atoms with Gasteiger partial charge in [0.2, 0.25) is 17.6 Å². The Morgan fingerprint density at radius 1 is 1.06 bits per heavy atom. The number of carbonyl (C=O) groups is 1. The topological polar surface area (TPSA) is 94.0 Å². The molecule has 1 fully saturated rings. The van der Waals surface area contributed by atoms with Crippen molar-refractivity contribution in [3.8, 4) is 11.4 Å². The first kappa shape index (κ1) is 23.5. The number of amides is 1. The molecule has 1 aliphatic carbocycles. The molecule has 1 aliphatic rings. The molecule has 6 nitrogen and oxygen atoms in total. The van der Waals surface area contributed by atoms with Crippen LogP contribution in [0.2, 0.25) is 0 Å². The quantitative estimate of drug-likeness (QED) is 0.431. The fraction of sp³-hybridized carbons (Fsp3) is 0.640. The van der Waals surface area contributed by atoms with Crippen LogP contribution in [0.4, 0.5) is 0 Å². The van der Waals surface area contributed by atoms with Gasteiger partial charge in [0.1, 0.15) is 0 Å². The standard InChI is InChI=1S/C25H38N4O2/c1-2-3-4-5-6-7-8-9-10-19-11-13-20(14-12-19)24-28-23(31-29-24)18-27-25(30)21-15-16-22(26)17-21/h11-14,21-22H,2-10,15-18,26H2,1H3,(H,27,30)/t21-,22-/m1/s1. The summed E-state index contributed by atoms with van der Waals surface area (Å²) in [7, 11) is 0. The van der Waals surface area contributed by atoms with Crippen LogP contribution in [0.25, 0.3) is 11.4 Å². The number of unbranched alkanes of at least 4 members (excludes halogenated alkanes) is 7. The van der Waals surface area contributed by atoms with Crippen molar-refractivity contribution in [2.75, 3.05) is 0 Å². The number of nitrogens with zero attached hydrogens (tertiary/aromatic N) is 2. The number of nitrogens with two attached hydrogens (primary N) is 1. The van der Waals surface area contributed by atoms with E-state index in [0.717, 1.165) is 31.2 Å². The van der Waals surface area contributed by atoms with Crippen LogP contribution >= 0.6 is 0 Å². The van der Waals surface area contributed by atoms with E-state index >= 15 is 0 Å². The highest BCUT2D eigenvalue weighted by atomic mass is 16.5. The van der Waals surface area contributed by atoms with Gasteiger partial charge in [-0.1, -0.05) is 81.3 Å². The lowest BCUT2D eigenvalue weighted by molar-refractivity contribution is -0.125. The molecule has 31 heavy (non-hydrogen) atoms.